The molecule has 0 atom stereocenters. The fourth-order valence-electron chi connectivity index (χ4n) is 3.80. The molecule has 0 bridgehead atoms. The first-order valence-corrected chi connectivity index (χ1v) is 11.0. The number of fused-ring (bicyclic) bond motifs is 3. The van der Waals surface area contributed by atoms with Crippen LogP contribution in [0.3, 0.4) is 0 Å². The fraction of sp³-hybridized carbons (Fsp3) is 0.174. The zero-order chi connectivity index (χ0) is 23.1. The Hall–Kier alpha value is -4.05. The van der Waals surface area contributed by atoms with Gasteiger partial charge in [0.1, 0.15) is 17.6 Å². The van der Waals surface area contributed by atoms with Gasteiger partial charge in [0.15, 0.2) is 11.7 Å². The monoisotopic (exact) mass is 462 g/mol. The number of nitrogens with zero attached hydrogens (tertiary/aromatic N) is 4. The van der Waals surface area contributed by atoms with Gasteiger partial charge < -0.3 is 9.15 Å². The fourth-order valence-corrected chi connectivity index (χ4v) is 4.55. The van der Waals surface area contributed by atoms with Crippen LogP contribution in [0.1, 0.15) is 21.7 Å². The predicted octanol–water partition coefficient (Wildman–Crippen LogP) is 3.43. The first-order valence-electron chi connectivity index (χ1n) is 10.1. The van der Waals surface area contributed by atoms with Crippen LogP contribution in [0.4, 0.5) is 0 Å². The Bertz CT molecular complexity index is 1580. The van der Waals surface area contributed by atoms with Gasteiger partial charge in [0.2, 0.25) is 11.4 Å². The van der Waals surface area contributed by atoms with Crippen LogP contribution in [0.15, 0.2) is 57.4 Å². The average Bonchev–Trinajstić information content (AvgIpc) is 3.52. The number of carbonyl (C=O) groups is 2. The van der Waals surface area contributed by atoms with Crippen LogP contribution in [0.2, 0.25) is 0 Å². The molecule has 0 saturated carbocycles. The maximum absolute atomic E-state index is 12.7. The number of rotatable bonds is 6. The van der Waals surface area contributed by atoms with Crippen LogP contribution in [0.25, 0.3) is 27.2 Å². The molecule has 1 aromatic carbocycles. The molecule has 4 aromatic heterocycles. The van der Waals surface area contributed by atoms with Crippen molar-refractivity contribution in [3.63, 3.8) is 0 Å². The average molecular weight is 462 g/mol. The summed E-state index contributed by atoms with van der Waals surface area (Å²) < 4.78 is 13.7. The minimum atomic E-state index is -0.726. The van der Waals surface area contributed by atoms with Crippen LogP contribution >= 0.6 is 11.3 Å². The number of Topliss-reactive ketones (excluding diaryl/α,β-unsaturated/α-hetero) is 1. The van der Waals surface area contributed by atoms with E-state index in [-0.39, 0.29) is 17.9 Å². The van der Waals surface area contributed by atoms with Crippen LogP contribution in [0.5, 0.6) is 0 Å². The third kappa shape index (κ3) is 3.64. The van der Waals surface area contributed by atoms with Crippen LogP contribution in [-0.2, 0) is 16.1 Å². The summed E-state index contributed by atoms with van der Waals surface area (Å²) in [5.74, 6) is -1.06. The molecule has 0 N–H and O–H groups in total. The van der Waals surface area contributed by atoms with Gasteiger partial charge in [-0.15, -0.1) is 11.3 Å². The molecular formula is C23H18N4O5S. The number of carbonyl (C=O) groups excluding carboxylic acids is 2. The summed E-state index contributed by atoms with van der Waals surface area (Å²) in [6.45, 7) is 2.88. The SMILES string of the molecule is Cc1cc(C(=O)COC(=O)Cn2cnc3c(oc4ccccc43)c2=O)c(C)n1-c1nccs1. The summed E-state index contributed by atoms with van der Waals surface area (Å²) >= 11 is 1.46. The number of hydrogen-bond acceptors (Lipinski definition) is 8. The van der Waals surface area contributed by atoms with E-state index in [9.17, 15) is 14.4 Å². The Morgan fingerprint density at radius 1 is 1.18 bits per heavy atom. The van der Waals surface area contributed by atoms with E-state index >= 15 is 0 Å². The molecular weight excluding hydrogens is 444 g/mol. The number of para-hydroxylation sites is 1. The zero-order valence-electron chi connectivity index (χ0n) is 17.8. The minimum Gasteiger partial charge on any atom is -0.456 e. The summed E-state index contributed by atoms with van der Waals surface area (Å²) in [6, 6.07) is 8.92. The molecule has 0 aliphatic heterocycles. The second-order valence-electron chi connectivity index (χ2n) is 7.47. The third-order valence-electron chi connectivity index (χ3n) is 5.36. The number of hydrogen-bond donors (Lipinski definition) is 0. The van der Waals surface area contributed by atoms with Crippen molar-refractivity contribution in [1.82, 2.24) is 19.1 Å². The lowest BCUT2D eigenvalue weighted by atomic mass is 10.1. The van der Waals surface area contributed by atoms with Crippen molar-refractivity contribution in [2.45, 2.75) is 20.4 Å². The highest BCUT2D eigenvalue weighted by molar-refractivity contribution is 7.12. The molecule has 10 heteroatoms. The summed E-state index contributed by atoms with van der Waals surface area (Å²) in [7, 11) is 0. The maximum atomic E-state index is 12.7. The standard InChI is InChI=1S/C23H18N4O5S/c1-13-9-16(14(2)27(13)23-24-7-8-33-23)17(28)11-31-19(29)10-26-12-25-20-15-5-3-4-6-18(15)32-21(20)22(26)30/h3-9,12H,10-11H2,1-2H3. The molecule has 5 aromatic rings. The molecule has 33 heavy (non-hydrogen) atoms. The van der Waals surface area contributed by atoms with E-state index in [1.807, 2.05) is 35.9 Å². The summed E-state index contributed by atoms with van der Waals surface area (Å²) in [4.78, 5) is 46.3. The molecule has 0 aliphatic carbocycles. The van der Waals surface area contributed by atoms with E-state index in [1.54, 1.807) is 24.4 Å². The Balaban J connectivity index is 1.30. The molecule has 0 fully saturated rings. The van der Waals surface area contributed by atoms with E-state index < -0.39 is 18.1 Å². The molecule has 166 valence electrons. The van der Waals surface area contributed by atoms with E-state index in [2.05, 4.69) is 9.97 Å². The highest BCUT2D eigenvalue weighted by atomic mass is 32.1. The van der Waals surface area contributed by atoms with Gasteiger partial charge in [0.05, 0.1) is 6.33 Å². The van der Waals surface area contributed by atoms with Crippen LogP contribution in [0, 0.1) is 13.8 Å². The molecule has 0 aliphatic rings. The van der Waals surface area contributed by atoms with Crippen LogP contribution < -0.4 is 5.56 Å². The molecule has 0 unspecified atom stereocenters. The highest BCUT2D eigenvalue weighted by Gasteiger charge is 2.20. The second kappa shape index (κ2) is 8.14. The first-order chi connectivity index (χ1) is 15.9. The van der Waals surface area contributed by atoms with Gasteiger partial charge in [-0.1, -0.05) is 12.1 Å². The van der Waals surface area contributed by atoms with Gasteiger partial charge in [-0.05, 0) is 32.0 Å². The smallest absolute Gasteiger partial charge is 0.326 e. The number of aryl methyl sites for hydroxylation is 1. The first kappa shape index (κ1) is 20.8. The van der Waals surface area contributed by atoms with Crippen molar-refractivity contribution in [1.29, 1.82) is 0 Å². The van der Waals surface area contributed by atoms with Crippen molar-refractivity contribution >= 4 is 45.2 Å². The lowest BCUT2D eigenvalue weighted by Gasteiger charge is -2.07. The largest absolute Gasteiger partial charge is 0.456 e. The van der Waals surface area contributed by atoms with Gasteiger partial charge in [0.25, 0.3) is 5.56 Å². The summed E-state index contributed by atoms with van der Waals surface area (Å²) in [5, 5.41) is 3.34. The quantitative estimate of drug-likeness (QED) is 0.281. The number of furan rings is 1. The summed E-state index contributed by atoms with van der Waals surface area (Å²) in [5.41, 5.74) is 2.58. The van der Waals surface area contributed by atoms with Crippen molar-refractivity contribution in [2.75, 3.05) is 6.61 Å². The second-order valence-corrected chi connectivity index (χ2v) is 8.35. The highest BCUT2D eigenvalue weighted by Crippen LogP contribution is 2.24. The van der Waals surface area contributed by atoms with E-state index in [0.717, 1.165) is 26.5 Å². The third-order valence-corrected chi connectivity index (χ3v) is 6.11. The number of ketones is 1. The van der Waals surface area contributed by atoms with Gasteiger partial charge in [-0.3, -0.25) is 23.5 Å². The van der Waals surface area contributed by atoms with E-state index in [0.29, 0.717) is 16.7 Å². The number of benzene rings is 1. The molecule has 0 spiro atoms. The Morgan fingerprint density at radius 3 is 2.79 bits per heavy atom. The van der Waals surface area contributed by atoms with E-state index in [4.69, 9.17) is 9.15 Å². The Labute approximate surface area is 190 Å². The lowest BCUT2D eigenvalue weighted by Crippen LogP contribution is -2.26. The summed E-state index contributed by atoms with van der Waals surface area (Å²) in [6.07, 6.45) is 2.97. The topological polar surface area (TPSA) is 109 Å². The molecule has 0 radical (unpaired) electrons. The Kier molecular flexibility index (Phi) is 5.14. The molecule has 5 rings (SSSR count). The normalized spacial score (nSPS) is 11.3. The zero-order valence-corrected chi connectivity index (χ0v) is 18.6. The van der Waals surface area contributed by atoms with Crippen LogP contribution in [-0.4, -0.2) is 37.5 Å². The Morgan fingerprint density at radius 2 is 2.00 bits per heavy atom. The van der Waals surface area contributed by atoms with E-state index in [1.165, 1.54) is 17.7 Å². The van der Waals surface area contributed by atoms with Crippen molar-refractivity contribution in [2.24, 2.45) is 0 Å². The number of esters is 1. The van der Waals surface area contributed by atoms with Crippen molar-refractivity contribution < 1.29 is 18.7 Å². The maximum Gasteiger partial charge on any atom is 0.326 e. The molecule has 9 nitrogen and oxygen atoms in total. The minimum absolute atomic E-state index is 0.0669. The molecule has 0 amide bonds. The number of aromatic nitrogens is 4. The predicted molar refractivity (Wildman–Crippen MR) is 122 cm³/mol. The number of ether oxygens (including phenoxy) is 1. The van der Waals surface area contributed by atoms with Gasteiger partial charge in [-0.2, -0.15) is 0 Å². The lowest BCUT2D eigenvalue weighted by molar-refractivity contribution is -0.143. The van der Waals surface area contributed by atoms with Crippen molar-refractivity contribution in [3.05, 3.63) is 75.5 Å². The van der Waals surface area contributed by atoms with Gasteiger partial charge in [0, 0.05) is 33.9 Å². The molecule has 4 heterocycles. The van der Waals surface area contributed by atoms with Crippen molar-refractivity contribution in [3.8, 4) is 5.13 Å². The number of thiazole rings is 1. The molecule has 0 saturated heterocycles. The van der Waals surface area contributed by atoms with Gasteiger partial charge >= 0.3 is 5.97 Å². The van der Waals surface area contributed by atoms with Gasteiger partial charge in [-0.25, -0.2) is 9.97 Å².